The molecule has 1 aromatic rings. The molecule has 3 nitrogen and oxygen atoms in total. The van der Waals surface area contributed by atoms with Gasteiger partial charge in [-0.15, -0.1) is 11.3 Å². The number of alkyl halides is 1. The highest BCUT2D eigenvalue weighted by Crippen LogP contribution is 2.28. The fourth-order valence-corrected chi connectivity index (χ4v) is 2.38. The van der Waals surface area contributed by atoms with Crippen LogP contribution >= 0.6 is 27.3 Å². The molecule has 1 unspecified atom stereocenters. The Morgan fingerprint density at radius 2 is 2.46 bits per heavy atom. The number of carbonyl (C=O) groups excluding carboxylic acids is 1. The second-order valence-electron chi connectivity index (χ2n) is 2.54. The van der Waals surface area contributed by atoms with Gasteiger partial charge in [-0.1, -0.05) is 15.9 Å². The second-order valence-corrected chi connectivity index (χ2v) is 4.71. The quantitative estimate of drug-likeness (QED) is 0.619. The molecule has 1 heterocycles. The summed E-state index contributed by atoms with van der Waals surface area (Å²) >= 11 is 4.83. The van der Waals surface area contributed by atoms with Crippen molar-refractivity contribution in [2.75, 3.05) is 13.7 Å². The van der Waals surface area contributed by atoms with Gasteiger partial charge in [-0.05, 0) is 6.92 Å². The van der Waals surface area contributed by atoms with E-state index in [2.05, 4.69) is 20.9 Å². The lowest BCUT2D eigenvalue weighted by molar-refractivity contribution is 0.112. The molecule has 0 saturated heterocycles. The lowest BCUT2D eigenvalue weighted by atomic mass is 10.4. The highest BCUT2D eigenvalue weighted by Gasteiger charge is 2.14. The van der Waals surface area contributed by atoms with Gasteiger partial charge < -0.3 is 4.74 Å². The van der Waals surface area contributed by atoms with Crippen molar-refractivity contribution in [3.05, 3.63) is 15.6 Å². The Morgan fingerprint density at radius 3 is 2.92 bits per heavy atom. The van der Waals surface area contributed by atoms with Gasteiger partial charge in [0.25, 0.3) is 0 Å². The molecule has 0 aromatic carbocycles. The molecule has 5 heteroatoms. The van der Waals surface area contributed by atoms with E-state index in [0.29, 0.717) is 11.5 Å². The summed E-state index contributed by atoms with van der Waals surface area (Å²) in [6.45, 7) is 2.39. The van der Waals surface area contributed by atoms with Gasteiger partial charge in [-0.3, -0.25) is 4.79 Å². The van der Waals surface area contributed by atoms with E-state index in [9.17, 15) is 4.79 Å². The molecule has 0 saturated carbocycles. The fraction of sp³-hybridized carbons (Fsp3) is 0.500. The molecular weight excluding hydrogens is 254 g/mol. The van der Waals surface area contributed by atoms with Crippen LogP contribution in [-0.4, -0.2) is 25.0 Å². The van der Waals surface area contributed by atoms with Crippen molar-refractivity contribution in [2.24, 2.45) is 0 Å². The minimum absolute atomic E-state index is 0.0786. The number of carbonyl (C=O) groups is 1. The topological polar surface area (TPSA) is 39.2 Å². The average Bonchev–Trinajstić information content (AvgIpc) is 2.47. The highest BCUT2D eigenvalue weighted by atomic mass is 79.9. The van der Waals surface area contributed by atoms with Crippen LogP contribution < -0.4 is 0 Å². The van der Waals surface area contributed by atoms with Crippen LogP contribution in [0.15, 0.2) is 0 Å². The first-order valence-electron chi connectivity index (χ1n) is 3.74. The number of ether oxygens (including phenoxy) is 1. The van der Waals surface area contributed by atoms with Gasteiger partial charge in [0.2, 0.25) is 0 Å². The highest BCUT2D eigenvalue weighted by molar-refractivity contribution is 9.09. The summed E-state index contributed by atoms with van der Waals surface area (Å²) in [7, 11) is 1.63. The van der Waals surface area contributed by atoms with Gasteiger partial charge in [0.1, 0.15) is 5.01 Å². The van der Waals surface area contributed by atoms with Gasteiger partial charge in [0, 0.05) is 7.11 Å². The van der Waals surface area contributed by atoms with Crippen LogP contribution in [0.3, 0.4) is 0 Å². The molecule has 0 amide bonds. The largest absolute Gasteiger partial charge is 0.383 e. The molecule has 0 aliphatic heterocycles. The van der Waals surface area contributed by atoms with Gasteiger partial charge in [-0.2, -0.15) is 0 Å². The van der Waals surface area contributed by atoms with Gasteiger partial charge >= 0.3 is 0 Å². The van der Waals surface area contributed by atoms with Crippen molar-refractivity contribution < 1.29 is 9.53 Å². The van der Waals surface area contributed by atoms with E-state index in [0.717, 1.165) is 17.0 Å². The van der Waals surface area contributed by atoms with E-state index in [1.807, 2.05) is 6.92 Å². The van der Waals surface area contributed by atoms with Crippen LogP contribution in [0.4, 0.5) is 0 Å². The number of aldehydes is 1. The van der Waals surface area contributed by atoms with Crippen molar-refractivity contribution in [1.29, 1.82) is 0 Å². The van der Waals surface area contributed by atoms with Crippen LogP contribution in [0, 0.1) is 6.92 Å². The molecular formula is C8H10BrNO2S. The number of halogens is 1. The summed E-state index contributed by atoms with van der Waals surface area (Å²) in [4.78, 5) is 15.6. The zero-order valence-corrected chi connectivity index (χ0v) is 9.81. The molecule has 0 aliphatic carbocycles. The Kier molecular flexibility index (Phi) is 4.02. The van der Waals surface area contributed by atoms with E-state index in [-0.39, 0.29) is 4.83 Å². The maximum Gasteiger partial charge on any atom is 0.161 e. The normalized spacial score (nSPS) is 12.8. The average molecular weight is 264 g/mol. The molecule has 0 fully saturated rings. The van der Waals surface area contributed by atoms with Crippen LogP contribution in [0.5, 0.6) is 0 Å². The molecule has 1 rings (SSSR count). The van der Waals surface area contributed by atoms with E-state index in [1.165, 1.54) is 11.3 Å². The number of methoxy groups -OCH3 is 1. The summed E-state index contributed by atoms with van der Waals surface area (Å²) in [5.74, 6) is 0. The van der Waals surface area contributed by atoms with Crippen molar-refractivity contribution in [3.8, 4) is 0 Å². The van der Waals surface area contributed by atoms with Gasteiger partial charge in [0.05, 0.1) is 22.0 Å². The maximum absolute atomic E-state index is 10.5. The fourth-order valence-electron chi connectivity index (χ4n) is 0.891. The Balaban J connectivity index is 2.83. The van der Waals surface area contributed by atoms with Gasteiger partial charge in [0.15, 0.2) is 6.29 Å². The maximum atomic E-state index is 10.5. The van der Waals surface area contributed by atoms with Crippen molar-refractivity contribution in [1.82, 2.24) is 4.98 Å². The molecule has 0 aliphatic rings. The van der Waals surface area contributed by atoms with Crippen molar-refractivity contribution in [2.45, 2.75) is 11.8 Å². The lowest BCUT2D eigenvalue weighted by Gasteiger charge is -2.02. The Bertz CT molecular complexity index is 300. The first-order chi connectivity index (χ1) is 6.19. The standard InChI is InChI=1S/C8H10BrNO2S/c1-5-7(3-11)13-8(10-5)6(9)4-12-2/h3,6H,4H2,1-2H3. The molecule has 1 atom stereocenters. The molecule has 0 N–H and O–H groups in total. The second kappa shape index (κ2) is 4.83. The number of aryl methyl sites for hydroxylation is 1. The molecule has 0 spiro atoms. The SMILES string of the molecule is COCC(Br)c1nc(C)c(C=O)s1. The molecule has 0 bridgehead atoms. The minimum atomic E-state index is 0.0786. The predicted molar refractivity (Wildman–Crippen MR) is 55.8 cm³/mol. The van der Waals surface area contributed by atoms with Crippen LogP contribution in [-0.2, 0) is 4.74 Å². The number of nitrogens with zero attached hydrogens (tertiary/aromatic N) is 1. The molecule has 13 heavy (non-hydrogen) atoms. The zero-order chi connectivity index (χ0) is 9.84. The van der Waals surface area contributed by atoms with Gasteiger partial charge in [-0.25, -0.2) is 4.98 Å². The monoisotopic (exact) mass is 263 g/mol. The van der Waals surface area contributed by atoms with E-state index in [4.69, 9.17) is 4.74 Å². The Morgan fingerprint density at radius 1 is 1.77 bits per heavy atom. The smallest absolute Gasteiger partial charge is 0.161 e. The van der Waals surface area contributed by atoms with Crippen LogP contribution in [0.1, 0.15) is 25.2 Å². The van der Waals surface area contributed by atoms with Crippen molar-refractivity contribution >= 4 is 33.6 Å². The van der Waals surface area contributed by atoms with Crippen LogP contribution in [0.25, 0.3) is 0 Å². The Labute approximate surface area is 89.3 Å². The predicted octanol–water partition coefficient (Wildman–Crippen LogP) is 2.35. The van der Waals surface area contributed by atoms with E-state index >= 15 is 0 Å². The first-order valence-corrected chi connectivity index (χ1v) is 5.47. The first kappa shape index (κ1) is 10.8. The summed E-state index contributed by atoms with van der Waals surface area (Å²) in [5.41, 5.74) is 0.788. The molecule has 72 valence electrons. The molecule has 0 radical (unpaired) electrons. The summed E-state index contributed by atoms with van der Waals surface area (Å²) in [5, 5.41) is 0.890. The molecule has 1 aromatic heterocycles. The summed E-state index contributed by atoms with van der Waals surface area (Å²) in [6, 6.07) is 0. The lowest BCUT2D eigenvalue weighted by Crippen LogP contribution is -1.97. The number of rotatable bonds is 4. The number of hydrogen-bond donors (Lipinski definition) is 0. The summed E-state index contributed by atoms with van der Waals surface area (Å²) < 4.78 is 4.97. The number of thiazole rings is 1. The summed E-state index contributed by atoms with van der Waals surface area (Å²) in [6.07, 6.45) is 0.836. The van der Waals surface area contributed by atoms with E-state index in [1.54, 1.807) is 7.11 Å². The third-order valence-corrected chi connectivity index (χ3v) is 3.73. The minimum Gasteiger partial charge on any atom is -0.383 e. The van der Waals surface area contributed by atoms with Crippen molar-refractivity contribution in [3.63, 3.8) is 0 Å². The third-order valence-electron chi connectivity index (χ3n) is 1.54. The number of hydrogen-bond acceptors (Lipinski definition) is 4. The van der Waals surface area contributed by atoms with Crippen LogP contribution in [0.2, 0.25) is 0 Å². The van der Waals surface area contributed by atoms with E-state index < -0.39 is 0 Å². The number of aromatic nitrogens is 1. The third kappa shape index (κ3) is 2.59. The zero-order valence-electron chi connectivity index (χ0n) is 7.41. The Hall–Kier alpha value is -0.260.